The van der Waals surface area contributed by atoms with E-state index < -0.39 is 35.6 Å². The highest BCUT2D eigenvalue weighted by Crippen LogP contribution is 2.55. The molecule has 0 aromatic rings. The minimum absolute atomic E-state index is 0.0917. The Morgan fingerprint density at radius 3 is 2.10 bits per heavy atom. The number of rotatable bonds is 1. The third-order valence-corrected chi connectivity index (χ3v) is 4.81. The SMILES string of the molecule is O=C1CN(C2(C(F)(F)F)CC2)C(=O)C2(CCCCC2)N1. The summed E-state index contributed by atoms with van der Waals surface area (Å²) < 4.78 is 39.6. The number of hydrogen-bond donors (Lipinski definition) is 1. The van der Waals surface area contributed by atoms with Crippen molar-refractivity contribution in [1.29, 1.82) is 0 Å². The molecule has 20 heavy (non-hydrogen) atoms. The van der Waals surface area contributed by atoms with E-state index in [9.17, 15) is 22.8 Å². The average Bonchev–Trinajstić information content (AvgIpc) is 3.15. The molecule has 7 heteroatoms. The molecule has 0 aromatic heterocycles. The quantitative estimate of drug-likeness (QED) is 0.799. The fourth-order valence-corrected chi connectivity index (χ4v) is 3.50. The minimum Gasteiger partial charge on any atom is -0.340 e. The maximum absolute atomic E-state index is 13.2. The topological polar surface area (TPSA) is 49.4 Å². The summed E-state index contributed by atoms with van der Waals surface area (Å²) in [4.78, 5) is 25.2. The second kappa shape index (κ2) is 4.11. The van der Waals surface area contributed by atoms with Gasteiger partial charge >= 0.3 is 6.18 Å². The lowest BCUT2D eigenvalue weighted by molar-refractivity contribution is -0.206. The highest BCUT2D eigenvalue weighted by Gasteiger charge is 2.70. The average molecular weight is 290 g/mol. The van der Waals surface area contributed by atoms with Gasteiger partial charge in [-0.3, -0.25) is 9.59 Å². The third kappa shape index (κ3) is 1.82. The molecule has 3 aliphatic rings. The van der Waals surface area contributed by atoms with E-state index in [1.807, 2.05) is 0 Å². The highest BCUT2D eigenvalue weighted by atomic mass is 19.4. The van der Waals surface area contributed by atoms with Crippen molar-refractivity contribution in [2.45, 2.75) is 62.2 Å². The Labute approximate surface area is 114 Å². The van der Waals surface area contributed by atoms with Gasteiger partial charge in [-0.15, -0.1) is 0 Å². The lowest BCUT2D eigenvalue weighted by atomic mass is 9.79. The van der Waals surface area contributed by atoms with Crippen molar-refractivity contribution in [3.8, 4) is 0 Å². The molecule has 2 aliphatic carbocycles. The number of carbonyl (C=O) groups excluding carboxylic acids is 2. The predicted molar refractivity (Wildman–Crippen MR) is 63.7 cm³/mol. The van der Waals surface area contributed by atoms with Crippen LogP contribution in [0.3, 0.4) is 0 Å². The van der Waals surface area contributed by atoms with Crippen molar-refractivity contribution in [2.24, 2.45) is 0 Å². The van der Waals surface area contributed by atoms with Gasteiger partial charge in [0.15, 0.2) is 0 Å². The van der Waals surface area contributed by atoms with Crippen LogP contribution in [-0.4, -0.2) is 40.5 Å². The molecule has 1 N–H and O–H groups in total. The monoisotopic (exact) mass is 290 g/mol. The van der Waals surface area contributed by atoms with E-state index in [0.717, 1.165) is 24.2 Å². The van der Waals surface area contributed by atoms with Gasteiger partial charge in [-0.2, -0.15) is 13.2 Å². The van der Waals surface area contributed by atoms with Gasteiger partial charge in [-0.1, -0.05) is 19.3 Å². The Morgan fingerprint density at radius 1 is 1.00 bits per heavy atom. The summed E-state index contributed by atoms with van der Waals surface area (Å²) in [5.74, 6) is -1.01. The minimum atomic E-state index is -4.46. The van der Waals surface area contributed by atoms with Crippen LogP contribution in [0.4, 0.5) is 13.2 Å². The summed E-state index contributed by atoms with van der Waals surface area (Å²) in [6.07, 6.45) is -1.27. The molecule has 3 rings (SSSR count). The molecule has 1 saturated heterocycles. The van der Waals surface area contributed by atoms with Crippen molar-refractivity contribution in [3.05, 3.63) is 0 Å². The second-order valence-corrected chi connectivity index (χ2v) is 6.11. The van der Waals surface area contributed by atoms with E-state index in [4.69, 9.17) is 0 Å². The van der Waals surface area contributed by atoms with Gasteiger partial charge in [-0.05, 0) is 25.7 Å². The van der Waals surface area contributed by atoms with Crippen molar-refractivity contribution in [3.63, 3.8) is 0 Å². The number of carbonyl (C=O) groups is 2. The van der Waals surface area contributed by atoms with Crippen LogP contribution in [0.1, 0.15) is 44.9 Å². The Balaban J connectivity index is 1.92. The van der Waals surface area contributed by atoms with E-state index in [0.29, 0.717) is 12.8 Å². The number of amides is 2. The first kappa shape index (κ1) is 13.7. The number of piperazine rings is 1. The van der Waals surface area contributed by atoms with Crippen LogP contribution in [0.25, 0.3) is 0 Å². The van der Waals surface area contributed by atoms with Crippen LogP contribution in [-0.2, 0) is 9.59 Å². The van der Waals surface area contributed by atoms with Gasteiger partial charge < -0.3 is 10.2 Å². The predicted octanol–water partition coefficient (Wildman–Crippen LogP) is 1.74. The first-order valence-electron chi connectivity index (χ1n) is 7.01. The molecule has 1 aliphatic heterocycles. The normalized spacial score (nSPS) is 28.4. The van der Waals surface area contributed by atoms with Crippen molar-refractivity contribution in [1.82, 2.24) is 10.2 Å². The molecule has 2 saturated carbocycles. The summed E-state index contributed by atoms with van der Waals surface area (Å²) in [7, 11) is 0. The maximum atomic E-state index is 13.2. The molecule has 1 spiro atoms. The molecular formula is C13H17F3N2O2. The van der Waals surface area contributed by atoms with Gasteiger partial charge in [0.05, 0.1) is 0 Å². The standard InChI is InChI=1S/C13H17F3N2O2/c14-13(15,16)12(6-7-12)18-8-9(19)17-11(10(18)20)4-2-1-3-5-11/h1-8H2,(H,17,19). The molecule has 3 fully saturated rings. The van der Waals surface area contributed by atoms with Crippen molar-refractivity contribution >= 4 is 11.8 Å². The zero-order chi connectivity index (χ0) is 14.6. The molecule has 0 bridgehead atoms. The lowest BCUT2D eigenvalue weighted by Gasteiger charge is -2.47. The van der Waals surface area contributed by atoms with E-state index in [-0.39, 0.29) is 12.8 Å². The Hall–Kier alpha value is -1.27. The van der Waals surface area contributed by atoms with Gasteiger partial charge in [0.2, 0.25) is 11.8 Å². The molecule has 0 radical (unpaired) electrons. The van der Waals surface area contributed by atoms with Crippen LogP contribution < -0.4 is 5.32 Å². The van der Waals surface area contributed by atoms with Crippen LogP contribution in [0, 0.1) is 0 Å². The lowest BCUT2D eigenvalue weighted by Crippen LogP contribution is -2.71. The third-order valence-electron chi connectivity index (χ3n) is 4.81. The van der Waals surface area contributed by atoms with E-state index in [2.05, 4.69) is 5.32 Å². The van der Waals surface area contributed by atoms with Crippen molar-refractivity contribution in [2.75, 3.05) is 6.54 Å². The van der Waals surface area contributed by atoms with Gasteiger partial charge in [0.1, 0.15) is 17.6 Å². The summed E-state index contributed by atoms with van der Waals surface area (Å²) in [5, 5.41) is 2.67. The summed E-state index contributed by atoms with van der Waals surface area (Å²) in [5.41, 5.74) is -3.18. The Kier molecular flexibility index (Phi) is 2.82. The summed E-state index contributed by atoms with van der Waals surface area (Å²) in [6, 6.07) is 0. The number of nitrogens with zero attached hydrogens (tertiary/aromatic N) is 1. The molecule has 0 aromatic carbocycles. The van der Waals surface area contributed by atoms with Crippen LogP contribution in [0.2, 0.25) is 0 Å². The Morgan fingerprint density at radius 2 is 1.60 bits per heavy atom. The van der Waals surface area contributed by atoms with Crippen molar-refractivity contribution < 1.29 is 22.8 Å². The molecule has 2 amide bonds. The summed E-state index contributed by atoms with van der Waals surface area (Å²) >= 11 is 0. The molecule has 112 valence electrons. The van der Waals surface area contributed by atoms with E-state index in [1.165, 1.54) is 0 Å². The summed E-state index contributed by atoms with van der Waals surface area (Å²) in [6.45, 7) is -0.472. The van der Waals surface area contributed by atoms with Crippen LogP contribution in [0.15, 0.2) is 0 Å². The Bertz CT molecular complexity index is 451. The van der Waals surface area contributed by atoms with Crippen LogP contribution in [0.5, 0.6) is 0 Å². The fourth-order valence-electron chi connectivity index (χ4n) is 3.50. The molecule has 1 heterocycles. The van der Waals surface area contributed by atoms with Gasteiger partial charge in [0.25, 0.3) is 0 Å². The molecule has 0 unspecified atom stereocenters. The second-order valence-electron chi connectivity index (χ2n) is 6.11. The van der Waals surface area contributed by atoms with E-state index >= 15 is 0 Å². The van der Waals surface area contributed by atoms with Gasteiger partial charge in [-0.25, -0.2) is 0 Å². The maximum Gasteiger partial charge on any atom is 0.411 e. The van der Waals surface area contributed by atoms with Crippen LogP contribution >= 0.6 is 0 Å². The largest absolute Gasteiger partial charge is 0.411 e. The first-order valence-corrected chi connectivity index (χ1v) is 7.01. The molecule has 0 atom stereocenters. The molecular weight excluding hydrogens is 273 g/mol. The van der Waals surface area contributed by atoms with E-state index in [1.54, 1.807) is 0 Å². The van der Waals surface area contributed by atoms with Gasteiger partial charge in [0, 0.05) is 0 Å². The zero-order valence-electron chi connectivity index (χ0n) is 11.1. The number of hydrogen-bond acceptors (Lipinski definition) is 2. The number of nitrogens with one attached hydrogen (secondary N) is 1. The number of alkyl halides is 3. The molecule has 4 nitrogen and oxygen atoms in total. The number of halogens is 3. The first-order chi connectivity index (χ1) is 9.31. The zero-order valence-corrected chi connectivity index (χ0v) is 11.1. The highest BCUT2D eigenvalue weighted by molar-refractivity contribution is 5.98. The fraction of sp³-hybridized carbons (Fsp3) is 0.846. The smallest absolute Gasteiger partial charge is 0.340 e.